The summed E-state index contributed by atoms with van der Waals surface area (Å²) in [5.74, 6) is 0. The van der Waals surface area contributed by atoms with Crippen LogP contribution in [0.15, 0.2) is 21.5 Å². The summed E-state index contributed by atoms with van der Waals surface area (Å²) < 4.78 is 27.3. The van der Waals surface area contributed by atoms with Crippen molar-refractivity contribution >= 4 is 49.2 Å². The summed E-state index contributed by atoms with van der Waals surface area (Å²) in [7, 11) is -3.68. The number of sulfonamides is 1. The monoisotopic (exact) mass is 359 g/mol. The molecule has 1 N–H and O–H groups in total. The lowest BCUT2D eigenvalue weighted by atomic mass is 10.3. The molecule has 0 aliphatic rings. The molecular formula is C10H12BrCl2NO2S. The Bertz CT molecular complexity index is 496. The van der Waals surface area contributed by atoms with Crippen molar-refractivity contribution in [3.8, 4) is 0 Å². The number of rotatable bonds is 4. The third kappa shape index (κ3) is 3.83. The van der Waals surface area contributed by atoms with Crippen molar-refractivity contribution in [3.63, 3.8) is 0 Å². The van der Waals surface area contributed by atoms with Crippen LogP contribution in [0.1, 0.15) is 20.3 Å². The van der Waals surface area contributed by atoms with Crippen LogP contribution in [0.2, 0.25) is 10.0 Å². The van der Waals surface area contributed by atoms with E-state index >= 15 is 0 Å². The molecule has 1 atom stereocenters. The maximum Gasteiger partial charge on any atom is 0.243 e. The normalized spacial score (nSPS) is 13.7. The SMILES string of the molecule is CCC(C)NS(=O)(=O)c1c(Cl)cc(Br)cc1Cl. The minimum atomic E-state index is -3.68. The van der Waals surface area contributed by atoms with E-state index in [1.165, 1.54) is 12.1 Å². The van der Waals surface area contributed by atoms with Gasteiger partial charge in [-0.2, -0.15) is 0 Å². The van der Waals surface area contributed by atoms with Gasteiger partial charge in [-0.05, 0) is 25.5 Å². The minimum absolute atomic E-state index is 0.0793. The number of hydrogen-bond donors (Lipinski definition) is 1. The highest BCUT2D eigenvalue weighted by molar-refractivity contribution is 9.10. The van der Waals surface area contributed by atoms with E-state index in [4.69, 9.17) is 23.2 Å². The van der Waals surface area contributed by atoms with E-state index in [9.17, 15) is 8.42 Å². The summed E-state index contributed by atoms with van der Waals surface area (Å²) >= 11 is 15.0. The molecule has 0 aliphatic carbocycles. The average Bonchev–Trinajstić information content (AvgIpc) is 2.14. The quantitative estimate of drug-likeness (QED) is 0.886. The van der Waals surface area contributed by atoms with E-state index in [1.807, 2.05) is 6.92 Å². The summed E-state index contributed by atoms with van der Waals surface area (Å²) in [5.41, 5.74) is 0. The number of nitrogens with one attached hydrogen (secondary N) is 1. The van der Waals surface area contributed by atoms with Crippen molar-refractivity contribution in [2.24, 2.45) is 0 Å². The van der Waals surface area contributed by atoms with Crippen LogP contribution in [-0.4, -0.2) is 14.5 Å². The molecule has 0 spiro atoms. The smallest absolute Gasteiger partial charge is 0.208 e. The fourth-order valence-electron chi connectivity index (χ4n) is 1.19. The van der Waals surface area contributed by atoms with E-state index in [-0.39, 0.29) is 21.0 Å². The van der Waals surface area contributed by atoms with Gasteiger partial charge in [0.2, 0.25) is 10.0 Å². The Morgan fingerprint density at radius 2 is 1.82 bits per heavy atom. The molecular weight excluding hydrogens is 349 g/mol. The lowest BCUT2D eigenvalue weighted by molar-refractivity contribution is 0.556. The van der Waals surface area contributed by atoms with E-state index in [0.29, 0.717) is 10.9 Å². The summed E-state index contributed by atoms with van der Waals surface area (Å²) in [6.45, 7) is 3.66. The standard InChI is InChI=1S/C10H12BrCl2NO2S/c1-3-6(2)14-17(15,16)10-8(12)4-7(11)5-9(10)13/h4-6,14H,3H2,1-2H3. The molecule has 0 radical (unpaired) electrons. The molecule has 3 nitrogen and oxygen atoms in total. The van der Waals surface area contributed by atoms with Gasteiger partial charge in [-0.1, -0.05) is 46.1 Å². The van der Waals surface area contributed by atoms with Crippen molar-refractivity contribution in [3.05, 3.63) is 26.7 Å². The zero-order valence-electron chi connectivity index (χ0n) is 9.30. The highest BCUT2D eigenvalue weighted by Crippen LogP contribution is 2.32. The summed E-state index contributed by atoms with van der Waals surface area (Å²) in [6.07, 6.45) is 0.686. The zero-order valence-corrected chi connectivity index (χ0v) is 13.2. The van der Waals surface area contributed by atoms with E-state index < -0.39 is 10.0 Å². The van der Waals surface area contributed by atoms with Gasteiger partial charge in [-0.25, -0.2) is 13.1 Å². The number of halogens is 3. The Hall–Kier alpha value is 0.190. The molecule has 1 rings (SSSR count). The second-order valence-electron chi connectivity index (χ2n) is 3.63. The topological polar surface area (TPSA) is 46.2 Å². The molecule has 1 unspecified atom stereocenters. The van der Waals surface area contributed by atoms with Crippen molar-refractivity contribution in [2.45, 2.75) is 31.2 Å². The second-order valence-corrected chi connectivity index (χ2v) is 7.01. The maximum atomic E-state index is 12.1. The first-order valence-electron chi connectivity index (χ1n) is 4.94. The summed E-state index contributed by atoms with van der Waals surface area (Å²) in [5, 5.41) is 0.195. The Kier molecular flexibility index (Phi) is 5.28. The first-order valence-corrected chi connectivity index (χ1v) is 7.98. The van der Waals surface area contributed by atoms with Crippen molar-refractivity contribution in [2.75, 3.05) is 0 Å². The molecule has 1 aromatic carbocycles. The van der Waals surface area contributed by atoms with Crippen LogP contribution in [0, 0.1) is 0 Å². The van der Waals surface area contributed by atoms with Crippen molar-refractivity contribution in [1.82, 2.24) is 4.72 Å². The summed E-state index contributed by atoms with van der Waals surface area (Å²) in [4.78, 5) is -0.0793. The van der Waals surface area contributed by atoms with Gasteiger partial charge >= 0.3 is 0 Å². The fourth-order valence-corrected chi connectivity index (χ4v) is 4.46. The highest BCUT2D eigenvalue weighted by atomic mass is 79.9. The lowest BCUT2D eigenvalue weighted by Gasteiger charge is -2.14. The van der Waals surface area contributed by atoms with Crippen molar-refractivity contribution in [1.29, 1.82) is 0 Å². The van der Waals surface area contributed by atoms with Gasteiger partial charge in [-0.15, -0.1) is 0 Å². The predicted molar refractivity (Wildman–Crippen MR) is 74.2 cm³/mol. The number of hydrogen-bond acceptors (Lipinski definition) is 2. The second kappa shape index (κ2) is 5.89. The van der Waals surface area contributed by atoms with Gasteiger partial charge in [0.15, 0.2) is 0 Å². The summed E-state index contributed by atoms with van der Waals surface area (Å²) in [6, 6.07) is 2.83. The molecule has 0 fully saturated rings. The van der Waals surface area contributed by atoms with Gasteiger partial charge in [-0.3, -0.25) is 0 Å². The van der Waals surface area contributed by atoms with Gasteiger partial charge < -0.3 is 0 Å². The van der Waals surface area contributed by atoms with Crippen LogP contribution in [-0.2, 0) is 10.0 Å². The van der Waals surface area contributed by atoms with E-state index in [0.717, 1.165) is 0 Å². The van der Waals surface area contributed by atoms with Crippen LogP contribution >= 0.6 is 39.1 Å². The fraction of sp³-hybridized carbons (Fsp3) is 0.400. The van der Waals surface area contributed by atoms with Gasteiger partial charge in [0.05, 0.1) is 10.0 Å². The Balaban J connectivity index is 3.25. The third-order valence-electron chi connectivity index (χ3n) is 2.20. The Morgan fingerprint density at radius 1 is 1.35 bits per heavy atom. The first-order chi connectivity index (χ1) is 7.77. The zero-order chi connectivity index (χ0) is 13.2. The number of benzene rings is 1. The minimum Gasteiger partial charge on any atom is -0.208 e. The Morgan fingerprint density at radius 3 is 2.24 bits per heavy atom. The predicted octanol–water partition coefficient (Wildman–Crippen LogP) is 3.83. The van der Waals surface area contributed by atoms with Crippen LogP contribution in [0.25, 0.3) is 0 Å². The van der Waals surface area contributed by atoms with Crippen LogP contribution < -0.4 is 4.72 Å². The van der Waals surface area contributed by atoms with Gasteiger partial charge in [0, 0.05) is 10.5 Å². The van der Waals surface area contributed by atoms with Gasteiger partial charge in [0.1, 0.15) is 4.90 Å². The van der Waals surface area contributed by atoms with E-state index in [1.54, 1.807) is 6.92 Å². The molecule has 0 aliphatic heterocycles. The van der Waals surface area contributed by atoms with Gasteiger partial charge in [0.25, 0.3) is 0 Å². The largest absolute Gasteiger partial charge is 0.243 e. The van der Waals surface area contributed by atoms with E-state index in [2.05, 4.69) is 20.7 Å². The average molecular weight is 361 g/mol. The highest BCUT2D eigenvalue weighted by Gasteiger charge is 2.23. The maximum absolute atomic E-state index is 12.1. The molecule has 0 amide bonds. The van der Waals surface area contributed by atoms with Crippen LogP contribution in [0.5, 0.6) is 0 Å². The third-order valence-corrected chi connectivity index (χ3v) is 5.17. The molecule has 0 saturated heterocycles. The lowest BCUT2D eigenvalue weighted by Crippen LogP contribution is -2.32. The molecule has 96 valence electrons. The molecule has 7 heteroatoms. The molecule has 17 heavy (non-hydrogen) atoms. The Labute approximate surface area is 120 Å². The molecule has 0 aromatic heterocycles. The first kappa shape index (κ1) is 15.2. The van der Waals surface area contributed by atoms with Crippen LogP contribution in [0.3, 0.4) is 0 Å². The molecule has 0 heterocycles. The molecule has 0 bridgehead atoms. The molecule has 1 aromatic rings. The van der Waals surface area contributed by atoms with Crippen LogP contribution in [0.4, 0.5) is 0 Å². The van der Waals surface area contributed by atoms with Crippen molar-refractivity contribution < 1.29 is 8.42 Å². The molecule has 0 saturated carbocycles.